The van der Waals surface area contributed by atoms with E-state index in [9.17, 15) is 9.59 Å². The zero-order valence-electron chi connectivity index (χ0n) is 12.0. The fourth-order valence-corrected chi connectivity index (χ4v) is 1.84. The van der Waals surface area contributed by atoms with Crippen LogP contribution in [-0.2, 0) is 16.0 Å². The molecule has 5 heteroatoms. The van der Waals surface area contributed by atoms with Crippen molar-refractivity contribution in [1.82, 2.24) is 5.32 Å². The Balaban J connectivity index is 2.57. The second-order valence-corrected chi connectivity index (χ2v) is 4.41. The molecule has 0 aliphatic carbocycles. The Morgan fingerprint density at radius 2 is 2.14 bits per heavy atom. The minimum Gasteiger partial charge on any atom is -0.494 e. The topological polar surface area (TPSA) is 75.6 Å². The molecule has 1 aromatic rings. The summed E-state index contributed by atoms with van der Waals surface area (Å²) in [7, 11) is 0. The zero-order valence-corrected chi connectivity index (χ0v) is 12.0. The van der Waals surface area contributed by atoms with Crippen LogP contribution in [0.25, 0.3) is 0 Å². The number of nitrogens with one attached hydrogen (secondary N) is 1. The number of hydrogen-bond acceptors (Lipinski definition) is 3. The van der Waals surface area contributed by atoms with E-state index in [0.29, 0.717) is 13.0 Å². The lowest BCUT2D eigenvalue weighted by Gasteiger charge is -2.13. The Labute approximate surface area is 124 Å². The third kappa shape index (κ3) is 5.57. The lowest BCUT2D eigenvalue weighted by molar-refractivity contribution is -0.141. The van der Waals surface area contributed by atoms with Gasteiger partial charge in [-0.15, -0.1) is 12.3 Å². The lowest BCUT2D eigenvalue weighted by Crippen LogP contribution is -2.40. The van der Waals surface area contributed by atoms with E-state index >= 15 is 0 Å². The summed E-state index contributed by atoms with van der Waals surface area (Å²) in [5.74, 6) is 1.51. The maximum Gasteiger partial charge on any atom is 0.327 e. The molecule has 5 nitrogen and oxygen atoms in total. The minimum atomic E-state index is -1.13. The Bertz CT molecular complexity index is 533. The molecule has 0 radical (unpaired) electrons. The monoisotopic (exact) mass is 289 g/mol. The fourth-order valence-electron chi connectivity index (χ4n) is 1.84. The first-order valence-electron chi connectivity index (χ1n) is 6.74. The van der Waals surface area contributed by atoms with Crippen molar-refractivity contribution >= 4 is 11.9 Å². The molecule has 0 saturated heterocycles. The molecule has 21 heavy (non-hydrogen) atoms. The summed E-state index contributed by atoms with van der Waals surface area (Å²) in [5, 5.41) is 11.3. The van der Waals surface area contributed by atoms with E-state index in [1.54, 1.807) is 0 Å². The van der Waals surface area contributed by atoms with Crippen LogP contribution in [-0.4, -0.2) is 29.6 Å². The number of carboxylic acid groups (broad SMARTS) is 1. The van der Waals surface area contributed by atoms with Crippen molar-refractivity contribution in [3.05, 3.63) is 29.8 Å². The first-order valence-corrected chi connectivity index (χ1v) is 6.74. The number of ether oxygens (including phenoxy) is 1. The summed E-state index contributed by atoms with van der Waals surface area (Å²) >= 11 is 0. The molecule has 0 heterocycles. The van der Waals surface area contributed by atoms with Gasteiger partial charge in [-0.25, -0.2) is 4.79 Å². The third-order valence-corrected chi connectivity index (χ3v) is 2.85. The molecule has 1 amide bonds. The third-order valence-electron chi connectivity index (χ3n) is 2.85. The molecule has 1 aromatic carbocycles. The molecule has 0 aliphatic heterocycles. The van der Waals surface area contributed by atoms with Gasteiger partial charge in [-0.2, -0.15) is 0 Å². The van der Waals surface area contributed by atoms with Crippen molar-refractivity contribution in [2.24, 2.45) is 0 Å². The number of carbonyl (C=O) groups is 2. The Hall–Kier alpha value is -2.48. The lowest BCUT2D eigenvalue weighted by atomic mass is 10.1. The van der Waals surface area contributed by atoms with Crippen LogP contribution in [0.5, 0.6) is 5.75 Å². The van der Waals surface area contributed by atoms with E-state index in [-0.39, 0.29) is 18.7 Å². The Morgan fingerprint density at radius 1 is 1.43 bits per heavy atom. The first kappa shape index (κ1) is 16.6. The van der Waals surface area contributed by atoms with Crippen molar-refractivity contribution in [3.8, 4) is 18.1 Å². The van der Waals surface area contributed by atoms with Crippen molar-refractivity contribution in [2.75, 3.05) is 6.61 Å². The molecule has 0 saturated carbocycles. The van der Waals surface area contributed by atoms with E-state index in [4.69, 9.17) is 16.3 Å². The average Bonchev–Trinajstić information content (AvgIpc) is 2.46. The number of para-hydroxylation sites is 1. The predicted molar refractivity (Wildman–Crippen MR) is 78.9 cm³/mol. The predicted octanol–water partition coefficient (Wildman–Crippen LogP) is 1.61. The number of benzene rings is 1. The van der Waals surface area contributed by atoms with Gasteiger partial charge in [-0.1, -0.05) is 18.2 Å². The normalized spacial score (nSPS) is 11.2. The number of amides is 1. The largest absolute Gasteiger partial charge is 0.494 e. The van der Waals surface area contributed by atoms with Gasteiger partial charge < -0.3 is 15.2 Å². The van der Waals surface area contributed by atoms with Gasteiger partial charge in [0.05, 0.1) is 6.61 Å². The van der Waals surface area contributed by atoms with Crippen molar-refractivity contribution in [3.63, 3.8) is 0 Å². The van der Waals surface area contributed by atoms with Gasteiger partial charge in [0.2, 0.25) is 5.91 Å². The molecule has 0 fully saturated rings. The highest BCUT2D eigenvalue weighted by atomic mass is 16.5. The van der Waals surface area contributed by atoms with Gasteiger partial charge in [0.1, 0.15) is 11.8 Å². The number of hydrogen-bond donors (Lipinski definition) is 2. The Kier molecular flexibility index (Phi) is 6.82. The summed E-state index contributed by atoms with van der Waals surface area (Å²) in [4.78, 5) is 22.7. The highest BCUT2D eigenvalue weighted by Gasteiger charge is 2.18. The molecule has 1 unspecified atom stereocenters. The van der Waals surface area contributed by atoms with Gasteiger partial charge in [0.15, 0.2) is 0 Å². The number of terminal acetylenes is 1. The van der Waals surface area contributed by atoms with E-state index in [1.807, 2.05) is 31.2 Å². The maximum absolute atomic E-state index is 11.8. The minimum absolute atomic E-state index is 0.0311. The van der Waals surface area contributed by atoms with E-state index in [1.165, 1.54) is 0 Å². The molecule has 0 bridgehead atoms. The summed E-state index contributed by atoms with van der Waals surface area (Å²) in [5.41, 5.74) is 0.915. The molecule has 2 N–H and O–H groups in total. The highest BCUT2D eigenvalue weighted by molar-refractivity contribution is 5.83. The van der Waals surface area contributed by atoms with Crippen molar-refractivity contribution in [1.29, 1.82) is 0 Å². The summed E-state index contributed by atoms with van der Waals surface area (Å²) < 4.78 is 5.47. The molecular formula is C16H19NO4. The van der Waals surface area contributed by atoms with Crippen LogP contribution in [0.2, 0.25) is 0 Å². The van der Waals surface area contributed by atoms with Crippen molar-refractivity contribution in [2.45, 2.75) is 32.2 Å². The van der Waals surface area contributed by atoms with Crippen LogP contribution in [0.3, 0.4) is 0 Å². The second kappa shape index (κ2) is 8.64. The van der Waals surface area contributed by atoms with Crippen LogP contribution >= 0.6 is 0 Å². The number of rotatable bonds is 8. The van der Waals surface area contributed by atoms with Gasteiger partial charge in [-0.3, -0.25) is 4.79 Å². The van der Waals surface area contributed by atoms with E-state index in [0.717, 1.165) is 11.3 Å². The standard InChI is InChI=1S/C16H19NO4/c1-3-7-13(16(19)20)17-15(18)11-10-12-8-5-6-9-14(12)21-4-2/h1,5-6,8-9,13H,4,7,10-11H2,2H3,(H,17,18)(H,19,20). The molecule has 1 atom stereocenters. The van der Waals surface area contributed by atoms with Crippen LogP contribution in [0.15, 0.2) is 24.3 Å². The molecule has 0 aliphatic rings. The van der Waals surface area contributed by atoms with Crippen LogP contribution in [0, 0.1) is 12.3 Å². The van der Waals surface area contributed by atoms with Gasteiger partial charge in [0.25, 0.3) is 0 Å². The van der Waals surface area contributed by atoms with Gasteiger partial charge >= 0.3 is 5.97 Å². The van der Waals surface area contributed by atoms with Gasteiger partial charge in [0, 0.05) is 12.8 Å². The van der Waals surface area contributed by atoms with Crippen LogP contribution in [0.1, 0.15) is 25.3 Å². The molecule has 0 spiro atoms. The summed E-state index contributed by atoms with van der Waals surface area (Å²) in [6, 6.07) is 6.42. The molecule has 112 valence electrons. The zero-order chi connectivity index (χ0) is 15.7. The smallest absolute Gasteiger partial charge is 0.327 e. The van der Waals surface area contributed by atoms with Crippen LogP contribution in [0.4, 0.5) is 0 Å². The summed E-state index contributed by atoms with van der Waals surface area (Å²) in [6.07, 6.45) is 5.70. The summed E-state index contributed by atoms with van der Waals surface area (Å²) in [6.45, 7) is 2.44. The fraction of sp³-hybridized carbons (Fsp3) is 0.375. The maximum atomic E-state index is 11.8. The number of aliphatic carboxylic acids is 1. The molecule has 0 aromatic heterocycles. The average molecular weight is 289 g/mol. The highest BCUT2D eigenvalue weighted by Crippen LogP contribution is 2.19. The number of carbonyl (C=O) groups excluding carboxylic acids is 1. The van der Waals surface area contributed by atoms with Gasteiger partial charge in [-0.05, 0) is 25.0 Å². The van der Waals surface area contributed by atoms with Crippen LogP contribution < -0.4 is 10.1 Å². The number of aryl methyl sites for hydroxylation is 1. The Morgan fingerprint density at radius 3 is 2.76 bits per heavy atom. The van der Waals surface area contributed by atoms with E-state index < -0.39 is 12.0 Å². The first-order chi connectivity index (χ1) is 10.1. The second-order valence-electron chi connectivity index (χ2n) is 4.41. The number of carboxylic acids is 1. The molecule has 1 rings (SSSR count). The van der Waals surface area contributed by atoms with Crippen molar-refractivity contribution < 1.29 is 19.4 Å². The SMILES string of the molecule is C#CCC(NC(=O)CCc1ccccc1OCC)C(=O)O. The van der Waals surface area contributed by atoms with E-state index in [2.05, 4.69) is 11.2 Å². The quantitative estimate of drug-likeness (QED) is 0.713. The molecular weight excluding hydrogens is 270 g/mol.